The van der Waals surface area contributed by atoms with Crippen LogP contribution in [0, 0.1) is 11.8 Å². The number of allylic oxidation sites excluding steroid dienone is 4. The van der Waals surface area contributed by atoms with E-state index in [2.05, 4.69) is 25.2 Å². The zero-order valence-electron chi connectivity index (χ0n) is 25.1. The van der Waals surface area contributed by atoms with Gasteiger partial charge in [0.15, 0.2) is 0 Å². The second-order valence-corrected chi connectivity index (χ2v) is 10.2. The molecular formula is C31H53NO6. The lowest BCUT2D eigenvalue weighted by Gasteiger charge is -2.39. The Kier molecular flexibility index (Phi) is 15.1. The lowest BCUT2D eigenvalue weighted by molar-refractivity contribution is -0.227. The Hall–Kier alpha value is -1.99. The number of ketones is 1. The summed E-state index contributed by atoms with van der Waals surface area (Å²) in [7, 11) is 0. The summed E-state index contributed by atoms with van der Waals surface area (Å²) in [6.45, 7) is 15.7. The molecule has 38 heavy (non-hydrogen) atoms. The van der Waals surface area contributed by atoms with Gasteiger partial charge < -0.3 is 19.5 Å². The zero-order valence-corrected chi connectivity index (χ0v) is 25.1. The molecule has 2 saturated heterocycles. The molecule has 0 saturated carbocycles. The van der Waals surface area contributed by atoms with Crippen LogP contribution in [0.15, 0.2) is 23.8 Å². The Morgan fingerprint density at radius 2 is 1.82 bits per heavy atom. The number of likely N-dealkylation sites (tertiary alicyclic amines) is 1. The Balaban J connectivity index is 0.00000172. The summed E-state index contributed by atoms with van der Waals surface area (Å²) in [5, 5.41) is 11.1. The highest BCUT2D eigenvalue weighted by Gasteiger charge is 2.54. The molecule has 0 radical (unpaired) electrons. The van der Waals surface area contributed by atoms with Gasteiger partial charge >= 0.3 is 11.8 Å². The Labute approximate surface area is 231 Å². The van der Waals surface area contributed by atoms with E-state index in [9.17, 15) is 19.5 Å². The molecule has 0 aromatic carbocycles. The molecule has 1 amide bonds. The van der Waals surface area contributed by atoms with Crippen LogP contribution in [0.5, 0.6) is 0 Å². The van der Waals surface area contributed by atoms with Crippen molar-refractivity contribution in [3.05, 3.63) is 23.8 Å². The number of nitrogens with zero attached hydrogens (tertiary/aromatic N) is 1. The minimum Gasteiger partial charge on any atom is -0.461 e. The van der Waals surface area contributed by atoms with Crippen molar-refractivity contribution in [1.82, 2.24) is 4.90 Å². The molecule has 1 aliphatic carbocycles. The monoisotopic (exact) mass is 535 g/mol. The summed E-state index contributed by atoms with van der Waals surface area (Å²) in [5.41, 5.74) is 1.27. The first kappa shape index (κ1) is 34.0. The summed E-state index contributed by atoms with van der Waals surface area (Å²) < 4.78 is 11.5. The molecule has 7 heteroatoms. The topological polar surface area (TPSA) is 93.1 Å². The zero-order chi connectivity index (χ0) is 28.9. The molecule has 218 valence electrons. The lowest BCUT2D eigenvalue weighted by atomic mass is 9.90. The molecule has 2 aliphatic heterocycles. The lowest BCUT2D eigenvalue weighted by Crippen LogP contribution is -2.62. The number of aliphatic hydroxyl groups is 1. The van der Waals surface area contributed by atoms with Crippen LogP contribution in [0.3, 0.4) is 0 Å². The first-order valence-electron chi connectivity index (χ1n) is 15.0. The average Bonchev–Trinajstić information content (AvgIpc) is 3.05. The van der Waals surface area contributed by atoms with Crippen LogP contribution >= 0.6 is 0 Å². The van der Waals surface area contributed by atoms with Gasteiger partial charge in [0.1, 0.15) is 12.1 Å². The first-order chi connectivity index (χ1) is 18.2. The summed E-state index contributed by atoms with van der Waals surface area (Å²) in [6, 6.07) is -0.829. The number of ether oxygens (including phenoxy) is 2. The van der Waals surface area contributed by atoms with Crippen molar-refractivity contribution in [2.24, 2.45) is 11.8 Å². The van der Waals surface area contributed by atoms with Gasteiger partial charge in [0, 0.05) is 12.5 Å². The highest BCUT2D eigenvalue weighted by molar-refractivity contribution is 6.09. The average molecular weight is 536 g/mol. The van der Waals surface area contributed by atoms with E-state index in [0.717, 1.165) is 32.1 Å². The number of carbonyl (C=O) groups is 3. The van der Waals surface area contributed by atoms with Crippen molar-refractivity contribution in [2.75, 3.05) is 6.54 Å². The Morgan fingerprint density at radius 3 is 2.42 bits per heavy atom. The van der Waals surface area contributed by atoms with E-state index >= 15 is 0 Å². The second kappa shape index (κ2) is 16.9. The third kappa shape index (κ3) is 8.77. The molecule has 2 fully saturated rings. The van der Waals surface area contributed by atoms with E-state index in [1.165, 1.54) is 10.5 Å². The maximum atomic E-state index is 13.5. The smallest absolute Gasteiger partial charge is 0.329 e. The molecule has 3 aliphatic rings. The SMILES string of the molecule is CC.CC.CCC(CC1=CCCC=C1)C(C)OC(=O)C1CCCCN1C(=O)C1(O)OC(C)CCC(C)C1=O. The number of amides is 1. The Morgan fingerprint density at radius 1 is 1.13 bits per heavy atom. The quantitative estimate of drug-likeness (QED) is 0.311. The van der Waals surface area contributed by atoms with Gasteiger partial charge in [-0.3, -0.25) is 9.59 Å². The van der Waals surface area contributed by atoms with Gasteiger partial charge in [-0.15, -0.1) is 0 Å². The molecule has 1 N–H and O–H groups in total. The molecule has 0 aromatic rings. The largest absolute Gasteiger partial charge is 0.461 e. The van der Waals surface area contributed by atoms with E-state index < -0.39 is 41.5 Å². The van der Waals surface area contributed by atoms with Gasteiger partial charge in [0.2, 0.25) is 5.78 Å². The molecule has 7 nitrogen and oxygen atoms in total. The number of esters is 1. The van der Waals surface area contributed by atoms with Gasteiger partial charge in [0.05, 0.1) is 6.10 Å². The maximum absolute atomic E-state index is 13.5. The summed E-state index contributed by atoms with van der Waals surface area (Å²) in [4.78, 5) is 41.0. The molecule has 6 unspecified atom stereocenters. The predicted molar refractivity (Wildman–Crippen MR) is 151 cm³/mol. The number of hydrogen-bond donors (Lipinski definition) is 1. The molecule has 0 bridgehead atoms. The van der Waals surface area contributed by atoms with E-state index in [-0.39, 0.29) is 18.6 Å². The number of Topliss-reactive ketones (excluding diaryl/α,β-unsaturated/α-hetero) is 1. The molecule has 2 heterocycles. The number of rotatable bonds is 7. The second-order valence-electron chi connectivity index (χ2n) is 10.2. The van der Waals surface area contributed by atoms with Crippen molar-refractivity contribution in [3.8, 4) is 0 Å². The molecule has 6 atom stereocenters. The van der Waals surface area contributed by atoms with E-state index in [1.807, 2.05) is 34.6 Å². The van der Waals surface area contributed by atoms with Crippen molar-refractivity contribution in [2.45, 2.75) is 137 Å². The normalized spacial score (nSPS) is 28.9. The van der Waals surface area contributed by atoms with Gasteiger partial charge in [-0.05, 0) is 77.6 Å². The summed E-state index contributed by atoms with van der Waals surface area (Å²) >= 11 is 0. The minimum atomic E-state index is -2.55. The van der Waals surface area contributed by atoms with Gasteiger partial charge in [-0.2, -0.15) is 0 Å². The molecule has 3 rings (SSSR count). The fourth-order valence-electron chi connectivity index (χ4n) is 5.25. The maximum Gasteiger partial charge on any atom is 0.329 e. The van der Waals surface area contributed by atoms with Gasteiger partial charge in [-0.25, -0.2) is 4.79 Å². The third-order valence-electron chi connectivity index (χ3n) is 7.55. The standard InChI is InChI=1S/C27H41NO6.2C2H6/c1-5-22(17-21-11-7-6-8-12-21)20(4)33-25(30)23-13-9-10-16-28(23)26(31)27(32)24(29)18(2)14-15-19(3)34-27;2*1-2/h7,11-12,18-20,22-23,32H,5-6,8-10,13-17H2,1-4H3;2*1-2H3. The van der Waals surface area contributed by atoms with Crippen LogP contribution in [0.2, 0.25) is 0 Å². The summed E-state index contributed by atoms with van der Waals surface area (Å²) in [6.07, 6.45) is 12.6. The fraction of sp³-hybridized carbons (Fsp3) is 0.774. The van der Waals surface area contributed by atoms with Crippen LogP contribution < -0.4 is 0 Å². The van der Waals surface area contributed by atoms with Crippen LogP contribution in [-0.2, 0) is 23.9 Å². The molecule has 0 aromatic heterocycles. The molecular weight excluding hydrogens is 482 g/mol. The fourth-order valence-corrected chi connectivity index (χ4v) is 5.25. The number of hydrogen-bond acceptors (Lipinski definition) is 6. The van der Waals surface area contributed by atoms with Crippen LogP contribution in [0.4, 0.5) is 0 Å². The van der Waals surface area contributed by atoms with Gasteiger partial charge in [-0.1, -0.05) is 65.3 Å². The van der Waals surface area contributed by atoms with Crippen molar-refractivity contribution in [3.63, 3.8) is 0 Å². The van der Waals surface area contributed by atoms with Crippen molar-refractivity contribution in [1.29, 1.82) is 0 Å². The van der Waals surface area contributed by atoms with Crippen LogP contribution in [0.1, 0.15) is 113 Å². The van der Waals surface area contributed by atoms with Crippen molar-refractivity contribution >= 4 is 17.7 Å². The van der Waals surface area contributed by atoms with E-state index in [0.29, 0.717) is 25.7 Å². The first-order valence-corrected chi connectivity index (χ1v) is 15.0. The third-order valence-corrected chi connectivity index (χ3v) is 7.55. The van der Waals surface area contributed by atoms with E-state index in [4.69, 9.17) is 9.47 Å². The van der Waals surface area contributed by atoms with Gasteiger partial charge in [0.25, 0.3) is 5.91 Å². The molecule has 0 spiro atoms. The number of carbonyl (C=O) groups excluding carboxylic acids is 3. The van der Waals surface area contributed by atoms with E-state index in [1.54, 1.807) is 13.8 Å². The highest BCUT2D eigenvalue weighted by atomic mass is 16.6. The predicted octanol–water partition coefficient (Wildman–Crippen LogP) is 6.14. The van der Waals surface area contributed by atoms with Crippen LogP contribution in [-0.4, -0.2) is 58.2 Å². The highest BCUT2D eigenvalue weighted by Crippen LogP contribution is 2.31. The minimum absolute atomic E-state index is 0.170. The Bertz CT molecular complexity index is 821. The number of piperidine rings is 1. The van der Waals surface area contributed by atoms with Crippen LogP contribution in [0.25, 0.3) is 0 Å². The summed E-state index contributed by atoms with van der Waals surface area (Å²) in [5.74, 6) is -4.82. The van der Waals surface area contributed by atoms with Crippen molar-refractivity contribution < 1.29 is 29.0 Å².